The first-order chi connectivity index (χ1) is 10.4. The molecule has 0 saturated carbocycles. The molecule has 2 atom stereocenters. The first-order valence-corrected chi connectivity index (χ1v) is 8.21. The van der Waals surface area contributed by atoms with Crippen molar-refractivity contribution in [2.45, 2.75) is 57.6 Å². The predicted octanol–water partition coefficient (Wildman–Crippen LogP) is 3.44. The van der Waals surface area contributed by atoms with E-state index in [0.29, 0.717) is 12.7 Å². The van der Waals surface area contributed by atoms with Gasteiger partial charge in [-0.15, -0.1) is 0 Å². The fourth-order valence-electron chi connectivity index (χ4n) is 3.48. The van der Waals surface area contributed by atoms with Crippen molar-refractivity contribution in [2.24, 2.45) is 0 Å². The minimum atomic E-state index is -0.205. The number of pyridine rings is 1. The van der Waals surface area contributed by atoms with E-state index in [4.69, 9.17) is 9.47 Å². The number of likely N-dealkylation sites (tertiary alicyclic amines) is 1. The van der Waals surface area contributed by atoms with Gasteiger partial charge in [-0.25, -0.2) is 0 Å². The van der Waals surface area contributed by atoms with Crippen molar-refractivity contribution in [3.8, 4) is 0 Å². The van der Waals surface area contributed by atoms with Crippen molar-refractivity contribution in [1.82, 2.24) is 9.88 Å². The molecule has 2 heterocycles. The molecule has 22 heavy (non-hydrogen) atoms. The number of ether oxygens (including phenoxy) is 2. The summed E-state index contributed by atoms with van der Waals surface area (Å²) >= 11 is 0. The fraction of sp³-hybridized carbons (Fsp3) is 0.722. The third-order valence-corrected chi connectivity index (χ3v) is 4.90. The number of nitrogens with zero attached hydrogens (tertiary/aromatic N) is 2. The Morgan fingerprint density at radius 1 is 1.32 bits per heavy atom. The molecule has 0 N–H and O–H groups in total. The van der Waals surface area contributed by atoms with Crippen molar-refractivity contribution in [3.63, 3.8) is 0 Å². The third kappa shape index (κ3) is 3.67. The van der Waals surface area contributed by atoms with Gasteiger partial charge in [0.15, 0.2) is 0 Å². The summed E-state index contributed by atoms with van der Waals surface area (Å²) in [5.74, 6) is 0.384. The van der Waals surface area contributed by atoms with Gasteiger partial charge in [0.2, 0.25) is 0 Å². The molecule has 4 heteroatoms. The van der Waals surface area contributed by atoms with Gasteiger partial charge in [-0.05, 0) is 57.9 Å². The summed E-state index contributed by atoms with van der Waals surface area (Å²) in [5.41, 5.74) is 1.27. The van der Waals surface area contributed by atoms with Gasteiger partial charge in [0.05, 0.1) is 5.60 Å². The number of hydrogen-bond donors (Lipinski definition) is 0. The standard InChI is InChI=1S/C18H30N2O2/c1-6-18(22-14-21-5)13-20(17(2,3)4)12-9-16(18)15-7-10-19-11-8-15/h7-8,10-11,16H,6,9,12-14H2,1-5H3. The molecule has 1 aromatic heterocycles. The number of aromatic nitrogens is 1. The van der Waals surface area contributed by atoms with Crippen LogP contribution in [0.2, 0.25) is 0 Å². The van der Waals surface area contributed by atoms with Crippen LogP contribution in [0.1, 0.15) is 52.0 Å². The van der Waals surface area contributed by atoms with Crippen LogP contribution in [0.4, 0.5) is 0 Å². The molecule has 124 valence electrons. The van der Waals surface area contributed by atoms with E-state index in [0.717, 1.165) is 25.9 Å². The summed E-state index contributed by atoms with van der Waals surface area (Å²) in [4.78, 5) is 6.69. The van der Waals surface area contributed by atoms with Crippen LogP contribution in [0, 0.1) is 0 Å². The topological polar surface area (TPSA) is 34.6 Å². The lowest BCUT2D eigenvalue weighted by atomic mass is 9.74. The average molecular weight is 306 g/mol. The summed E-state index contributed by atoms with van der Waals surface area (Å²) in [7, 11) is 1.69. The lowest BCUT2D eigenvalue weighted by molar-refractivity contribution is -0.174. The summed E-state index contributed by atoms with van der Waals surface area (Å²) < 4.78 is 11.5. The first-order valence-electron chi connectivity index (χ1n) is 8.21. The maximum Gasteiger partial charge on any atom is 0.147 e. The van der Waals surface area contributed by atoms with Crippen molar-refractivity contribution in [3.05, 3.63) is 30.1 Å². The molecule has 0 aliphatic carbocycles. The van der Waals surface area contributed by atoms with Gasteiger partial charge in [-0.2, -0.15) is 0 Å². The van der Waals surface area contributed by atoms with Crippen molar-refractivity contribution < 1.29 is 9.47 Å². The van der Waals surface area contributed by atoms with Gasteiger partial charge < -0.3 is 9.47 Å². The van der Waals surface area contributed by atoms with E-state index in [1.807, 2.05) is 12.4 Å². The van der Waals surface area contributed by atoms with Crippen LogP contribution < -0.4 is 0 Å². The van der Waals surface area contributed by atoms with Crippen molar-refractivity contribution >= 4 is 0 Å². The summed E-state index contributed by atoms with van der Waals surface area (Å²) in [6.45, 7) is 11.4. The highest BCUT2D eigenvalue weighted by Gasteiger charge is 2.46. The summed E-state index contributed by atoms with van der Waals surface area (Å²) in [5, 5.41) is 0. The van der Waals surface area contributed by atoms with E-state index < -0.39 is 0 Å². The van der Waals surface area contributed by atoms with Crippen LogP contribution in [-0.2, 0) is 9.47 Å². The molecule has 1 aromatic rings. The normalized spacial score (nSPS) is 27.0. The van der Waals surface area contributed by atoms with Crippen molar-refractivity contribution in [1.29, 1.82) is 0 Å². The maximum atomic E-state index is 6.28. The van der Waals surface area contributed by atoms with E-state index in [2.05, 4.69) is 49.7 Å². The molecular formula is C18H30N2O2. The average Bonchev–Trinajstić information content (AvgIpc) is 2.52. The van der Waals surface area contributed by atoms with Crippen LogP contribution in [0.5, 0.6) is 0 Å². The Morgan fingerprint density at radius 3 is 2.55 bits per heavy atom. The Morgan fingerprint density at radius 2 is 2.00 bits per heavy atom. The highest BCUT2D eigenvalue weighted by Crippen LogP contribution is 2.42. The highest BCUT2D eigenvalue weighted by atomic mass is 16.7. The minimum absolute atomic E-state index is 0.153. The second-order valence-corrected chi connectivity index (χ2v) is 7.18. The summed E-state index contributed by atoms with van der Waals surface area (Å²) in [6, 6.07) is 4.25. The van der Waals surface area contributed by atoms with Crippen LogP contribution >= 0.6 is 0 Å². The Balaban J connectivity index is 2.31. The zero-order chi connectivity index (χ0) is 16.2. The van der Waals surface area contributed by atoms with Crippen LogP contribution in [0.3, 0.4) is 0 Å². The molecule has 0 aromatic carbocycles. The quantitative estimate of drug-likeness (QED) is 0.781. The monoisotopic (exact) mass is 306 g/mol. The second kappa shape index (κ2) is 7.07. The molecule has 1 fully saturated rings. The zero-order valence-electron chi connectivity index (χ0n) is 14.6. The van der Waals surface area contributed by atoms with E-state index in [1.165, 1.54) is 5.56 Å². The Labute approximate surface area is 134 Å². The Bertz CT molecular complexity index is 458. The molecule has 2 unspecified atom stereocenters. The smallest absolute Gasteiger partial charge is 0.147 e. The molecule has 0 spiro atoms. The van der Waals surface area contributed by atoms with E-state index in [9.17, 15) is 0 Å². The molecule has 4 nitrogen and oxygen atoms in total. The van der Waals surface area contributed by atoms with Gasteiger partial charge >= 0.3 is 0 Å². The molecule has 2 rings (SSSR count). The van der Waals surface area contributed by atoms with Gasteiger partial charge in [-0.3, -0.25) is 9.88 Å². The lowest BCUT2D eigenvalue weighted by Crippen LogP contribution is -2.59. The van der Waals surface area contributed by atoms with Crippen LogP contribution in [0.25, 0.3) is 0 Å². The molecule has 1 saturated heterocycles. The lowest BCUT2D eigenvalue weighted by Gasteiger charge is -2.51. The largest absolute Gasteiger partial charge is 0.359 e. The molecule has 0 radical (unpaired) electrons. The predicted molar refractivity (Wildman–Crippen MR) is 88.9 cm³/mol. The number of hydrogen-bond acceptors (Lipinski definition) is 4. The Hall–Kier alpha value is -0.970. The van der Waals surface area contributed by atoms with Crippen LogP contribution in [0.15, 0.2) is 24.5 Å². The molecule has 0 amide bonds. The highest BCUT2D eigenvalue weighted by molar-refractivity contribution is 5.22. The zero-order valence-corrected chi connectivity index (χ0v) is 14.6. The summed E-state index contributed by atoms with van der Waals surface area (Å²) in [6.07, 6.45) is 5.82. The van der Waals surface area contributed by atoms with E-state index in [1.54, 1.807) is 7.11 Å². The first kappa shape index (κ1) is 17.4. The molecule has 1 aliphatic heterocycles. The molecular weight excluding hydrogens is 276 g/mol. The van der Waals surface area contributed by atoms with Gasteiger partial charge in [0.1, 0.15) is 6.79 Å². The van der Waals surface area contributed by atoms with Crippen LogP contribution in [-0.4, -0.2) is 48.0 Å². The number of piperidine rings is 1. The fourth-order valence-corrected chi connectivity index (χ4v) is 3.48. The Kier molecular flexibility index (Phi) is 5.59. The number of rotatable bonds is 5. The van der Waals surface area contributed by atoms with Gasteiger partial charge in [0, 0.05) is 37.5 Å². The minimum Gasteiger partial charge on any atom is -0.359 e. The third-order valence-electron chi connectivity index (χ3n) is 4.90. The number of methoxy groups -OCH3 is 1. The van der Waals surface area contributed by atoms with Gasteiger partial charge in [0.25, 0.3) is 0 Å². The second-order valence-electron chi connectivity index (χ2n) is 7.18. The van der Waals surface area contributed by atoms with E-state index in [-0.39, 0.29) is 11.1 Å². The molecule has 1 aliphatic rings. The SMILES string of the molecule is CCC1(OCOC)CN(C(C)(C)C)CCC1c1ccncc1. The maximum absolute atomic E-state index is 6.28. The molecule has 0 bridgehead atoms. The van der Waals surface area contributed by atoms with E-state index >= 15 is 0 Å². The van der Waals surface area contributed by atoms with Gasteiger partial charge in [-0.1, -0.05) is 6.92 Å². The van der Waals surface area contributed by atoms with Crippen molar-refractivity contribution in [2.75, 3.05) is 27.0 Å².